The van der Waals surface area contributed by atoms with Gasteiger partial charge in [0.2, 0.25) is 5.91 Å². The van der Waals surface area contributed by atoms with Crippen molar-refractivity contribution in [3.63, 3.8) is 0 Å². The Balaban J connectivity index is 1.76. The van der Waals surface area contributed by atoms with Crippen LogP contribution in [0.4, 0.5) is 10.5 Å². The number of halogens is 1. The number of hydrogen-bond donors (Lipinski definition) is 1. The molecule has 3 amide bonds. The fraction of sp³-hybridized carbons (Fsp3) is 0.250. The number of nitrogens with one attached hydrogen (secondary N) is 1. The number of ether oxygens (including phenoxy) is 3. The molecule has 0 aliphatic carbocycles. The van der Waals surface area contributed by atoms with Gasteiger partial charge in [0.25, 0.3) is 11.1 Å². The highest BCUT2D eigenvalue weighted by atomic mass is 79.9. The van der Waals surface area contributed by atoms with Crippen LogP contribution in [0.5, 0.6) is 11.5 Å². The zero-order chi connectivity index (χ0) is 25.7. The molecule has 3 rings (SSSR count). The molecule has 2 aromatic carbocycles. The smallest absolute Gasteiger partial charge is 0.343 e. The molecule has 1 fully saturated rings. The van der Waals surface area contributed by atoms with Crippen molar-refractivity contribution in [2.24, 2.45) is 0 Å². The monoisotopic (exact) mass is 562 g/mol. The van der Waals surface area contributed by atoms with E-state index in [1.165, 1.54) is 20.3 Å². The summed E-state index contributed by atoms with van der Waals surface area (Å²) in [7, 11) is 2.68. The molecule has 184 valence electrons. The molecule has 2 aromatic rings. The Morgan fingerprint density at radius 1 is 1.11 bits per heavy atom. The third kappa shape index (κ3) is 6.43. The van der Waals surface area contributed by atoms with E-state index in [-0.39, 0.29) is 17.3 Å². The van der Waals surface area contributed by atoms with Gasteiger partial charge in [0.05, 0.1) is 19.1 Å². The molecule has 9 nitrogen and oxygen atoms in total. The van der Waals surface area contributed by atoms with Crippen molar-refractivity contribution in [2.75, 3.05) is 32.7 Å². The highest BCUT2D eigenvalue weighted by Gasteiger charge is 2.36. The summed E-state index contributed by atoms with van der Waals surface area (Å²) in [6, 6.07) is 8.81. The maximum absolute atomic E-state index is 12.9. The number of amides is 3. The van der Waals surface area contributed by atoms with E-state index in [0.29, 0.717) is 21.5 Å². The van der Waals surface area contributed by atoms with E-state index >= 15 is 0 Å². The number of carbonyl (C=O) groups is 4. The first-order valence-electron chi connectivity index (χ1n) is 10.3. The summed E-state index contributed by atoms with van der Waals surface area (Å²) in [6.07, 6.45) is 1.52. The Bertz CT molecular complexity index is 1230. The van der Waals surface area contributed by atoms with Gasteiger partial charge in [0, 0.05) is 10.2 Å². The normalized spacial score (nSPS) is 14.3. The molecule has 0 atom stereocenters. The van der Waals surface area contributed by atoms with Crippen molar-refractivity contribution in [1.29, 1.82) is 0 Å². The summed E-state index contributed by atoms with van der Waals surface area (Å²) in [5.41, 5.74) is 3.01. The molecule has 1 heterocycles. The maximum atomic E-state index is 12.9. The van der Waals surface area contributed by atoms with E-state index in [1.54, 1.807) is 12.1 Å². The third-order valence-electron chi connectivity index (χ3n) is 4.99. The number of hydrogen-bond acceptors (Lipinski definition) is 8. The number of carbonyl (C=O) groups excluding carboxylic acids is 4. The number of methoxy groups -OCH3 is 2. The molecular formula is C24H23BrN2O7S. The van der Waals surface area contributed by atoms with Gasteiger partial charge in [-0.15, -0.1) is 0 Å². The van der Waals surface area contributed by atoms with Crippen LogP contribution in [0.15, 0.2) is 39.7 Å². The number of aryl methyl sites for hydroxylation is 2. The summed E-state index contributed by atoms with van der Waals surface area (Å²) in [4.78, 5) is 50.3. The van der Waals surface area contributed by atoms with Crippen molar-refractivity contribution in [2.45, 2.75) is 13.8 Å². The van der Waals surface area contributed by atoms with Crippen LogP contribution in [0.3, 0.4) is 0 Å². The summed E-state index contributed by atoms with van der Waals surface area (Å²) in [6.45, 7) is 3.05. The maximum Gasteiger partial charge on any atom is 0.343 e. The molecule has 0 aromatic heterocycles. The van der Waals surface area contributed by atoms with Gasteiger partial charge < -0.3 is 19.5 Å². The molecule has 0 unspecified atom stereocenters. The van der Waals surface area contributed by atoms with Gasteiger partial charge in [0.15, 0.2) is 18.1 Å². The fourth-order valence-electron chi connectivity index (χ4n) is 3.11. The van der Waals surface area contributed by atoms with Gasteiger partial charge in [-0.25, -0.2) is 4.79 Å². The van der Waals surface area contributed by atoms with Crippen molar-refractivity contribution < 1.29 is 33.4 Å². The fourth-order valence-corrected chi connectivity index (χ4v) is 4.38. The highest BCUT2D eigenvalue weighted by molar-refractivity contribution is 9.10. The first kappa shape index (κ1) is 26.3. The lowest BCUT2D eigenvalue weighted by Gasteiger charge is -2.14. The molecule has 0 saturated carbocycles. The van der Waals surface area contributed by atoms with Crippen LogP contribution >= 0.6 is 27.7 Å². The molecule has 1 saturated heterocycles. The van der Waals surface area contributed by atoms with E-state index in [1.807, 2.05) is 32.0 Å². The average Bonchev–Trinajstić information content (AvgIpc) is 3.08. The van der Waals surface area contributed by atoms with E-state index < -0.39 is 29.6 Å². The topological polar surface area (TPSA) is 111 Å². The van der Waals surface area contributed by atoms with Crippen LogP contribution in [0.2, 0.25) is 0 Å². The van der Waals surface area contributed by atoms with Gasteiger partial charge in [-0.1, -0.05) is 28.1 Å². The minimum Gasteiger partial charge on any atom is -0.493 e. The standard InChI is InChI=1S/C24H23BrN2O7S/c1-13-5-6-14(2)17(7-13)26-21(28)11-27-23(30)20(35-24(27)31)9-15-8-18(32-3)19(10-16(15)25)34-12-22(29)33-4/h5-10H,11-12H2,1-4H3,(H,26,28)/b20-9+. The van der Waals surface area contributed by atoms with Gasteiger partial charge in [-0.05, 0) is 66.6 Å². The Hall–Kier alpha value is -3.31. The predicted molar refractivity (Wildman–Crippen MR) is 135 cm³/mol. The van der Waals surface area contributed by atoms with Crippen LogP contribution in [0, 0.1) is 13.8 Å². The number of imide groups is 1. The second-order valence-corrected chi connectivity index (χ2v) is 9.37. The van der Waals surface area contributed by atoms with Crippen LogP contribution < -0.4 is 14.8 Å². The second-order valence-electron chi connectivity index (χ2n) is 7.52. The number of anilines is 1. The van der Waals surface area contributed by atoms with Crippen molar-refractivity contribution in [3.8, 4) is 11.5 Å². The first-order chi connectivity index (χ1) is 16.6. The SMILES string of the molecule is COC(=O)COc1cc(Br)c(/C=C2/SC(=O)N(CC(=O)Nc3cc(C)ccc3C)C2=O)cc1OC. The summed E-state index contributed by atoms with van der Waals surface area (Å²) in [5, 5.41) is 2.21. The minimum absolute atomic E-state index is 0.153. The molecule has 1 aliphatic rings. The lowest BCUT2D eigenvalue weighted by Crippen LogP contribution is -2.36. The molecule has 1 aliphatic heterocycles. The van der Waals surface area contributed by atoms with Crippen molar-refractivity contribution >= 4 is 62.5 Å². The van der Waals surface area contributed by atoms with Crippen molar-refractivity contribution in [3.05, 3.63) is 56.4 Å². The molecule has 0 bridgehead atoms. The zero-order valence-electron chi connectivity index (χ0n) is 19.5. The van der Waals surface area contributed by atoms with E-state index in [4.69, 9.17) is 9.47 Å². The molecule has 11 heteroatoms. The number of esters is 1. The molecule has 0 radical (unpaired) electrons. The summed E-state index contributed by atoms with van der Waals surface area (Å²) in [5.74, 6) is -0.999. The van der Waals surface area contributed by atoms with E-state index in [2.05, 4.69) is 26.0 Å². The highest BCUT2D eigenvalue weighted by Crippen LogP contribution is 2.38. The van der Waals surface area contributed by atoms with Crippen molar-refractivity contribution in [1.82, 2.24) is 4.90 Å². The van der Waals surface area contributed by atoms with E-state index in [0.717, 1.165) is 27.8 Å². The Morgan fingerprint density at radius 3 is 2.54 bits per heavy atom. The van der Waals surface area contributed by atoms with Crippen LogP contribution in [-0.4, -0.2) is 55.3 Å². The van der Waals surface area contributed by atoms with Crippen LogP contribution in [0.1, 0.15) is 16.7 Å². The van der Waals surface area contributed by atoms with Gasteiger partial charge >= 0.3 is 5.97 Å². The Labute approximate surface area is 214 Å². The predicted octanol–water partition coefficient (Wildman–Crippen LogP) is 4.30. The second kappa shape index (κ2) is 11.4. The average molecular weight is 563 g/mol. The summed E-state index contributed by atoms with van der Waals surface area (Å²) >= 11 is 4.14. The number of thioether (sulfide) groups is 1. The lowest BCUT2D eigenvalue weighted by atomic mass is 10.1. The number of rotatable bonds is 8. The molecular weight excluding hydrogens is 540 g/mol. The van der Waals surface area contributed by atoms with Crippen LogP contribution in [-0.2, 0) is 19.1 Å². The van der Waals surface area contributed by atoms with Gasteiger partial charge in [0.1, 0.15) is 6.54 Å². The minimum atomic E-state index is -0.576. The van der Waals surface area contributed by atoms with Gasteiger partial charge in [-0.3, -0.25) is 19.3 Å². The molecule has 1 N–H and O–H groups in total. The quantitative estimate of drug-likeness (QED) is 0.374. The lowest BCUT2D eigenvalue weighted by molar-refractivity contribution is -0.143. The Morgan fingerprint density at radius 2 is 1.86 bits per heavy atom. The largest absolute Gasteiger partial charge is 0.493 e. The number of benzene rings is 2. The van der Waals surface area contributed by atoms with Gasteiger partial charge in [-0.2, -0.15) is 0 Å². The zero-order valence-corrected chi connectivity index (χ0v) is 21.9. The summed E-state index contributed by atoms with van der Waals surface area (Å²) < 4.78 is 15.8. The number of nitrogens with zero attached hydrogens (tertiary/aromatic N) is 1. The van der Waals surface area contributed by atoms with Crippen LogP contribution in [0.25, 0.3) is 6.08 Å². The molecule has 35 heavy (non-hydrogen) atoms. The van der Waals surface area contributed by atoms with E-state index in [9.17, 15) is 19.2 Å². The molecule has 0 spiro atoms. The first-order valence-corrected chi connectivity index (χ1v) is 11.9. The third-order valence-corrected chi connectivity index (χ3v) is 6.58. The Kier molecular flexibility index (Phi) is 8.57.